The summed E-state index contributed by atoms with van der Waals surface area (Å²) in [4.78, 5) is 16.1. The number of nitrogens with one attached hydrogen (secondary N) is 1. The number of amides is 1. The molecular formula is C14H17N3O2S. The number of carbonyl (C=O) groups is 1. The molecule has 1 aromatic carbocycles. The smallest absolute Gasteiger partial charge is 0.271 e. The largest absolute Gasteiger partial charge is 0.394 e. The van der Waals surface area contributed by atoms with Gasteiger partial charge in [0, 0.05) is 11.9 Å². The molecule has 6 heteroatoms. The van der Waals surface area contributed by atoms with Gasteiger partial charge in [0.2, 0.25) is 0 Å². The van der Waals surface area contributed by atoms with Crippen molar-refractivity contribution in [1.29, 1.82) is 0 Å². The second-order valence-electron chi connectivity index (χ2n) is 4.37. The first-order valence-corrected chi connectivity index (χ1v) is 7.21. The quantitative estimate of drug-likeness (QED) is 0.739. The second-order valence-corrected chi connectivity index (χ2v) is 5.32. The molecule has 2 rings (SSSR count). The summed E-state index contributed by atoms with van der Waals surface area (Å²) in [5.74, 6) is -0.282. The van der Waals surface area contributed by atoms with Crippen molar-refractivity contribution in [2.24, 2.45) is 5.73 Å². The van der Waals surface area contributed by atoms with Gasteiger partial charge in [-0.3, -0.25) is 4.79 Å². The number of aliphatic hydroxyl groups is 1. The molecule has 0 aliphatic heterocycles. The minimum atomic E-state index is -0.326. The number of hydrogen-bond donors (Lipinski definition) is 3. The summed E-state index contributed by atoms with van der Waals surface area (Å²) in [5.41, 5.74) is 6.88. The molecule has 1 atom stereocenters. The van der Waals surface area contributed by atoms with Gasteiger partial charge in [-0.05, 0) is 12.0 Å². The fourth-order valence-electron chi connectivity index (χ4n) is 1.83. The van der Waals surface area contributed by atoms with Crippen LogP contribution in [0.4, 0.5) is 0 Å². The Bertz CT molecular complexity index is 557. The first kappa shape index (κ1) is 14.6. The average molecular weight is 291 g/mol. The molecule has 0 aliphatic rings. The van der Waals surface area contributed by atoms with Crippen LogP contribution in [0.5, 0.6) is 0 Å². The van der Waals surface area contributed by atoms with Crippen LogP contribution in [0.25, 0.3) is 0 Å². The van der Waals surface area contributed by atoms with Gasteiger partial charge in [0.25, 0.3) is 5.91 Å². The highest BCUT2D eigenvalue weighted by Crippen LogP contribution is 2.09. The fraction of sp³-hybridized carbons (Fsp3) is 0.286. The predicted molar refractivity (Wildman–Crippen MR) is 78.5 cm³/mol. The van der Waals surface area contributed by atoms with Crippen molar-refractivity contribution in [1.82, 2.24) is 10.3 Å². The Balaban J connectivity index is 1.97. The van der Waals surface area contributed by atoms with E-state index in [1.165, 1.54) is 11.3 Å². The van der Waals surface area contributed by atoms with Gasteiger partial charge in [0.05, 0.1) is 12.6 Å². The summed E-state index contributed by atoms with van der Waals surface area (Å²) in [5, 5.41) is 14.6. The van der Waals surface area contributed by atoms with E-state index in [1.54, 1.807) is 5.38 Å². The lowest BCUT2D eigenvalue weighted by atomic mass is 10.1. The van der Waals surface area contributed by atoms with Crippen LogP contribution in [0.2, 0.25) is 0 Å². The Labute approximate surface area is 121 Å². The molecule has 1 amide bonds. The van der Waals surface area contributed by atoms with Gasteiger partial charge in [-0.15, -0.1) is 11.3 Å². The van der Waals surface area contributed by atoms with Crippen LogP contribution < -0.4 is 11.1 Å². The monoisotopic (exact) mass is 291 g/mol. The van der Waals surface area contributed by atoms with E-state index in [9.17, 15) is 9.90 Å². The van der Waals surface area contributed by atoms with E-state index in [1.807, 2.05) is 30.3 Å². The fourth-order valence-corrected chi connectivity index (χ4v) is 2.48. The number of carbonyl (C=O) groups excluding carboxylic acids is 1. The Morgan fingerprint density at radius 3 is 2.75 bits per heavy atom. The first-order valence-electron chi connectivity index (χ1n) is 6.33. The van der Waals surface area contributed by atoms with Gasteiger partial charge in [-0.2, -0.15) is 0 Å². The maximum Gasteiger partial charge on any atom is 0.271 e. The molecule has 20 heavy (non-hydrogen) atoms. The van der Waals surface area contributed by atoms with E-state index in [4.69, 9.17) is 5.73 Å². The Kier molecular flexibility index (Phi) is 5.23. The summed E-state index contributed by atoms with van der Waals surface area (Å²) in [6.45, 7) is 0.208. The molecule has 0 spiro atoms. The van der Waals surface area contributed by atoms with Crippen molar-refractivity contribution < 1.29 is 9.90 Å². The van der Waals surface area contributed by atoms with Crippen molar-refractivity contribution in [3.63, 3.8) is 0 Å². The second kappa shape index (κ2) is 7.14. The number of rotatable bonds is 6. The molecule has 2 aromatic rings. The van der Waals surface area contributed by atoms with E-state index in [-0.39, 0.29) is 18.6 Å². The molecule has 1 unspecified atom stereocenters. The van der Waals surface area contributed by atoms with E-state index < -0.39 is 0 Å². The highest BCUT2D eigenvalue weighted by atomic mass is 32.1. The van der Waals surface area contributed by atoms with Crippen LogP contribution in [0.3, 0.4) is 0 Å². The van der Waals surface area contributed by atoms with Gasteiger partial charge >= 0.3 is 0 Å². The molecule has 0 radical (unpaired) electrons. The number of aromatic nitrogens is 1. The average Bonchev–Trinajstić information content (AvgIpc) is 2.96. The standard InChI is InChI=1S/C14H17N3O2S/c15-7-13-17-12(9-20-13)14(19)16-11(8-18)6-10-4-2-1-3-5-10/h1-5,9,11,18H,6-8,15H2,(H,16,19). The highest BCUT2D eigenvalue weighted by Gasteiger charge is 2.15. The molecule has 1 aromatic heterocycles. The topological polar surface area (TPSA) is 88.2 Å². The molecule has 0 fully saturated rings. The number of nitrogens with two attached hydrogens (primary N) is 1. The summed E-state index contributed by atoms with van der Waals surface area (Å²) in [6.07, 6.45) is 0.580. The SMILES string of the molecule is NCc1nc(C(=O)NC(CO)Cc2ccccc2)cs1. The van der Waals surface area contributed by atoms with E-state index in [0.29, 0.717) is 18.7 Å². The zero-order chi connectivity index (χ0) is 14.4. The maximum absolute atomic E-state index is 12.0. The van der Waals surface area contributed by atoms with Gasteiger partial charge in [0.15, 0.2) is 0 Å². The van der Waals surface area contributed by atoms with Crippen LogP contribution in [0.1, 0.15) is 21.1 Å². The van der Waals surface area contributed by atoms with E-state index in [2.05, 4.69) is 10.3 Å². The lowest BCUT2D eigenvalue weighted by Crippen LogP contribution is -2.39. The van der Waals surface area contributed by atoms with E-state index >= 15 is 0 Å². The van der Waals surface area contributed by atoms with Crippen LogP contribution in [0, 0.1) is 0 Å². The van der Waals surface area contributed by atoms with Crippen molar-refractivity contribution >= 4 is 17.2 Å². The van der Waals surface area contributed by atoms with Crippen LogP contribution in [-0.4, -0.2) is 28.6 Å². The predicted octanol–water partition coefficient (Wildman–Crippen LogP) is 0.935. The summed E-state index contributed by atoms with van der Waals surface area (Å²) in [6, 6.07) is 9.39. The summed E-state index contributed by atoms with van der Waals surface area (Å²) in [7, 11) is 0. The van der Waals surface area contributed by atoms with Crippen molar-refractivity contribution in [2.75, 3.05) is 6.61 Å². The van der Waals surface area contributed by atoms with Gasteiger partial charge < -0.3 is 16.2 Å². The zero-order valence-electron chi connectivity index (χ0n) is 11.0. The third-order valence-electron chi connectivity index (χ3n) is 2.84. The molecule has 0 saturated heterocycles. The Morgan fingerprint density at radius 1 is 1.40 bits per heavy atom. The number of nitrogens with zero attached hydrogens (tertiary/aromatic N) is 1. The molecule has 0 saturated carbocycles. The molecule has 0 bridgehead atoms. The third kappa shape index (κ3) is 3.86. The highest BCUT2D eigenvalue weighted by molar-refractivity contribution is 7.09. The molecule has 1 heterocycles. The minimum absolute atomic E-state index is 0.117. The van der Waals surface area contributed by atoms with Gasteiger partial charge in [0.1, 0.15) is 10.7 Å². The minimum Gasteiger partial charge on any atom is -0.394 e. The normalized spacial score (nSPS) is 12.1. The zero-order valence-corrected chi connectivity index (χ0v) is 11.8. The van der Waals surface area contributed by atoms with Crippen molar-refractivity contribution in [3.8, 4) is 0 Å². The lowest BCUT2D eigenvalue weighted by Gasteiger charge is -2.15. The van der Waals surface area contributed by atoms with Crippen molar-refractivity contribution in [3.05, 3.63) is 52.0 Å². The van der Waals surface area contributed by atoms with Gasteiger partial charge in [-0.1, -0.05) is 30.3 Å². The van der Waals surface area contributed by atoms with E-state index in [0.717, 1.165) is 10.6 Å². The molecule has 0 aliphatic carbocycles. The first-order chi connectivity index (χ1) is 9.72. The molecule has 106 valence electrons. The number of hydrogen-bond acceptors (Lipinski definition) is 5. The number of benzene rings is 1. The Hall–Kier alpha value is -1.76. The Morgan fingerprint density at radius 2 is 2.15 bits per heavy atom. The van der Waals surface area contributed by atoms with Crippen LogP contribution in [-0.2, 0) is 13.0 Å². The number of thiazole rings is 1. The van der Waals surface area contributed by atoms with Crippen LogP contribution in [0.15, 0.2) is 35.7 Å². The summed E-state index contributed by atoms with van der Waals surface area (Å²) >= 11 is 1.36. The summed E-state index contributed by atoms with van der Waals surface area (Å²) < 4.78 is 0. The molecular weight excluding hydrogens is 274 g/mol. The molecule has 4 N–H and O–H groups in total. The number of aliphatic hydroxyl groups excluding tert-OH is 1. The maximum atomic E-state index is 12.0. The lowest BCUT2D eigenvalue weighted by molar-refractivity contribution is 0.0912. The van der Waals surface area contributed by atoms with Crippen LogP contribution >= 0.6 is 11.3 Å². The molecule has 5 nitrogen and oxygen atoms in total. The third-order valence-corrected chi connectivity index (χ3v) is 3.71. The van der Waals surface area contributed by atoms with Crippen molar-refractivity contribution in [2.45, 2.75) is 19.0 Å². The van der Waals surface area contributed by atoms with Gasteiger partial charge in [-0.25, -0.2) is 4.98 Å².